The molecule has 4 heterocycles. The van der Waals surface area contributed by atoms with E-state index >= 15 is 0 Å². The minimum atomic E-state index is -0.494. The average Bonchev–Trinajstić information content (AvgIpc) is 3.45. The van der Waals surface area contributed by atoms with Crippen LogP contribution in [0.15, 0.2) is 24.7 Å². The predicted octanol–water partition coefficient (Wildman–Crippen LogP) is 2.10. The maximum absolute atomic E-state index is 13.1. The van der Waals surface area contributed by atoms with E-state index < -0.39 is 6.61 Å². The van der Waals surface area contributed by atoms with Crippen molar-refractivity contribution in [2.24, 2.45) is 11.8 Å². The Bertz CT molecular complexity index is 1340. The van der Waals surface area contributed by atoms with Gasteiger partial charge in [0, 0.05) is 25.8 Å². The van der Waals surface area contributed by atoms with Gasteiger partial charge in [0.2, 0.25) is 12.7 Å². The van der Waals surface area contributed by atoms with Gasteiger partial charge in [-0.15, -0.1) is 0 Å². The highest BCUT2D eigenvalue weighted by atomic mass is 16.7. The van der Waals surface area contributed by atoms with Gasteiger partial charge in [-0.3, -0.25) is 9.59 Å². The van der Waals surface area contributed by atoms with Crippen LogP contribution < -0.4 is 19.5 Å². The standard InChI is InChI=1S/C26H29N5O6/c32-11-20(33)31-7-1-2-16(10-31)8-28-26(34)17-9-27-24-22(17)29-13-30-23(24)21-18(35-12-15-3-4-15)5-6-19-25(21)37-14-36-19/h5-6,9,13,15-16,27,32H,1-4,7-8,10-12,14H2,(H,28,34). The highest BCUT2D eigenvalue weighted by Crippen LogP contribution is 2.48. The second kappa shape index (κ2) is 9.89. The number of hydrogen-bond donors (Lipinski definition) is 3. The predicted molar refractivity (Wildman–Crippen MR) is 132 cm³/mol. The molecular weight excluding hydrogens is 478 g/mol. The number of H-pyrrole nitrogens is 1. The molecule has 3 aliphatic rings. The second-order valence-electron chi connectivity index (χ2n) is 9.79. The molecule has 11 nitrogen and oxygen atoms in total. The summed E-state index contributed by atoms with van der Waals surface area (Å²) in [6, 6.07) is 3.70. The van der Waals surface area contributed by atoms with Crippen molar-refractivity contribution in [1.29, 1.82) is 0 Å². The van der Waals surface area contributed by atoms with Crippen LogP contribution in [0.1, 0.15) is 36.0 Å². The zero-order valence-corrected chi connectivity index (χ0v) is 20.4. The van der Waals surface area contributed by atoms with E-state index in [1.165, 1.54) is 19.2 Å². The summed E-state index contributed by atoms with van der Waals surface area (Å²) in [5, 5.41) is 12.1. The summed E-state index contributed by atoms with van der Waals surface area (Å²) in [4.78, 5) is 38.8. The molecule has 37 heavy (non-hydrogen) atoms. The fraction of sp³-hybridized carbons (Fsp3) is 0.462. The first-order valence-corrected chi connectivity index (χ1v) is 12.7. The number of carbonyl (C=O) groups excluding carboxylic acids is 2. The van der Waals surface area contributed by atoms with Gasteiger partial charge in [-0.25, -0.2) is 9.97 Å². The van der Waals surface area contributed by atoms with Gasteiger partial charge in [-0.2, -0.15) is 0 Å². The summed E-state index contributed by atoms with van der Waals surface area (Å²) < 4.78 is 17.5. The largest absolute Gasteiger partial charge is 0.492 e. The Kier molecular flexibility index (Phi) is 6.29. The lowest BCUT2D eigenvalue weighted by Gasteiger charge is -2.32. The Morgan fingerprint density at radius 3 is 2.92 bits per heavy atom. The zero-order chi connectivity index (χ0) is 25.4. The molecule has 2 aromatic heterocycles. The molecule has 194 valence electrons. The number of likely N-dealkylation sites (tertiary alicyclic amines) is 1. The van der Waals surface area contributed by atoms with Crippen molar-refractivity contribution in [2.45, 2.75) is 25.7 Å². The molecule has 1 saturated heterocycles. The van der Waals surface area contributed by atoms with Gasteiger partial charge in [-0.05, 0) is 49.7 Å². The van der Waals surface area contributed by atoms with Crippen LogP contribution in [0, 0.1) is 11.8 Å². The van der Waals surface area contributed by atoms with Crippen molar-refractivity contribution >= 4 is 22.8 Å². The lowest BCUT2D eigenvalue weighted by Crippen LogP contribution is -2.44. The van der Waals surface area contributed by atoms with E-state index in [4.69, 9.17) is 19.3 Å². The minimum absolute atomic E-state index is 0.115. The zero-order valence-electron chi connectivity index (χ0n) is 20.4. The number of aliphatic hydroxyl groups is 1. The Labute approximate surface area is 213 Å². The topological polar surface area (TPSA) is 139 Å². The van der Waals surface area contributed by atoms with Gasteiger partial charge in [0.15, 0.2) is 11.5 Å². The third kappa shape index (κ3) is 4.66. The van der Waals surface area contributed by atoms with Gasteiger partial charge in [0.25, 0.3) is 5.91 Å². The van der Waals surface area contributed by atoms with Gasteiger partial charge in [0.05, 0.1) is 23.3 Å². The lowest BCUT2D eigenvalue weighted by atomic mass is 9.98. The number of benzene rings is 1. The summed E-state index contributed by atoms with van der Waals surface area (Å²) in [5.74, 6) is 1.99. The number of aliphatic hydroxyl groups excluding tert-OH is 1. The van der Waals surface area contributed by atoms with Crippen molar-refractivity contribution in [2.75, 3.05) is 39.6 Å². The number of amides is 2. The normalized spacial score (nSPS) is 18.7. The Hall–Kier alpha value is -3.86. The highest BCUT2D eigenvalue weighted by molar-refractivity contribution is 6.08. The van der Waals surface area contributed by atoms with E-state index in [0.29, 0.717) is 77.3 Å². The number of piperidine rings is 1. The smallest absolute Gasteiger partial charge is 0.255 e. The van der Waals surface area contributed by atoms with Crippen LogP contribution in [0.5, 0.6) is 17.2 Å². The number of aromatic nitrogens is 3. The van der Waals surface area contributed by atoms with Crippen LogP contribution in [0.3, 0.4) is 0 Å². The third-order valence-corrected chi connectivity index (χ3v) is 7.18. The van der Waals surface area contributed by atoms with Crippen LogP contribution in [-0.2, 0) is 4.79 Å². The van der Waals surface area contributed by atoms with E-state index in [1.807, 2.05) is 12.1 Å². The van der Waals surface area contributed by atoms with Crippen molar-refractivity contribution in [3.63, 3.8) is 0 Å². The first-order valence-electron chi connectivity index (χ1n) is 12.7. The van der Waals surface area contributed by atoms with Crippen LogP contribution in [0.25, 0.3) is 22.3 Å². The second-order valence-corrected chi connectivity index (χ2v) is 9.79. The maximum atomic E-state index is 13.1. The number of hydrogen-bond acceptors (Lipinski definition) is 8. The van der Waals surface area contributed by atoms with Crippen molar-refractivity contribution in [1.82, 2.24) is 25.2 Å². The molecule has 2 aliphatic heterocycles. The molecule has 1 aliphatic carbocycles. The summed E-state index contributed by atoms with van der Waals surface area (Å²) >= 11 is 0. The van der Waals surface area contributed by atoms with Gasteiger partial charge in [-0.1, -0.05) is 0 Å². The Morgan fingerprint density at radius 2 is 2.08 bits per heavy atom. The molecule has 2 fully saturated rings. The number of ether oxygens (including phenoxy) is 3. The summed E-state index contributed by atoms with van der Waals surface area (Å²) in [7, 11) is 0. The van der Waals surface area contributed by atoms with Crippen LogP contribution in [-0.4, -0.2) is 76.4 Å². The molecule has 1 saturated carbocycles. The van der Waals surface area contributed by atoms with Gasteiger partial charge < -0.3 is 34.5 Å². The molecule has 3 aromatic rings. The molecule has 0 radical (unpaired) electrons. The molecule has 1 atom stereocenters. The van der Waals surface area contributed by atoms with E-state index in [0.717, 1.165) is 12.8 Å². The van der Waals surface area contributed by atoms with Gasteiger partial charge in [0.1, 0.15) is 29.9 Å². The highest BCUT2D eigenvalue weighted by Gasteiger charge is 2.29. The fourth-order valence-electron chi connectivity index (χ4n) is 4.98. The number of nitrogens with zero attached hydrogens (tertiary/aromatic N) is 3. The van der Waals surface area contributed by atoms with Crippen molar-refractivity contribution in [3.05, 3.63) is 30.2 Å². The number of rotatable bonds is 8. The molecule has 3 N–H and O–H groups in total. The van der Waals surface area contributed by atoms with E-state index in [9.17, 15) is 9.59 Å². The minimum Gasteiger partial charge on any atom is -0.492 e. The molecule has 2 amide bonds. The van der Waals surface area contributed by atoms with Crippen LogP contribution >= 0.6 is 0 Å². The van der Waals surface area contributed by atoms with Crippen LogP contribution in [0.2, 0.25) is 0 Å². The molecule has 6 rings (SSSR count). The number of nitrogens with one attached hydrogen (secondary N) is 2. The molecule has 0 spiro atoms. The SMILES string of the molecule is O=C(NCC1CCCN(C(=O)CO)C1)c1c[nH]c2c(-c3c(OCC4CC4)ccc4c3OCO4)ncnc12. The van der Waals surface area contributed by atoms with E-state index in [-0.39, 0.29) is 24.5 Å². The van der Waals surface area contributed by atoms with E-state index in [2.05, 4.69) is 20.3 Å². The Balaban J connectivity index is 1.25. The molecule has 11 heteroatoms. The Morgan fingerprint density at radius 1 is 1.19 bits per heavy atom. The van der Waals surface area contributed by atoms with E-state index in [1.54, 1.807) is 11.1 Å². The molecule has 0 bridgehead atoms. The van der Waals surface area contributed by atoms with Crippen molar-refractivity contribution < 1.29 is 28.9 Å². The first kappa shape index (κ1) is 23.5. The fourth-order valence-corrected chi connectivity index (χ4v) is 4.98. The quantitative estimate of drug-likeness (QED) is 0.421. The monoisotopic (exact) mass is 507 g/mol. The summed E-state index contributed by atoms with van der Waals surface area (Å²) in [5.41, 5.74) is 2.75. The first-order chi connectivity index (χ1) is 18.1. The molecule has 1 aromatic carbocycles. The van der Waals surface area contributed by atoms with Gasteiger partial charge >= 0.3 is 0 Å². The average molecular weight is 508 g/mol. The molecule has 1 unspecified atom stereocenters. The lowest BCUT2D eigenvalue weighted by molar-refractivity contribution is -0.135. The third-order valence-electron chi connectivity index (χ3n) is 7.18. The maximum Gasteiger partial charge on any atom is 0.255 e. The summed E-state index contributed by atoms with van der Waals surface area (Å²) in [6.07, 6.45) is 7.15. The number of fused-ring (bicyclic) bond motifs is 2. The summed E-state index contributed by atoms with van der Waals surface area (Å²) in [6.45, 7) is 1.83. The van der Waals surface area contributed by atoms with Crippen molar-refractivity contribution in [3.8, 4) is 28.5 Å². The van der Waals surface area contributed by atoms with Crippen LogP contribution in [0.4, 0.5) is 0 Å². The molecular formula is C26H29N5O6. The number of carbonyl (C=O) groups is 2. The number of aromatic amines is 1.